The van der Waals surface area contributed by atoms with Crippen LogP contribution >= 0.6 is 15.9 Å². The highest BCUT2D eigenvalue weighted by molar-refractivity contribution is 9.08. The summed E-state index contributed by atoms with van der Waals surface area (Å²) in [7, 11) is 0. The van der Waals surface area contributed by atoms with E-state index in [2.05, 4.69) is 20.9 Å². The summed E-state index contributed by atoms with van der Waals surface area (Å²) in [6.45, 7) is 0.353. The standard InChI is InChI=1S/C14H13BrN2O3/c15-10-11-4-5-14(13(9-11)17(18)19)20-8-6-12-3-1-2-7-16-12/h1-5,7,9H,6,8,10H2. The molecule has 1 aromatic carbocycles. The van der Waals surface area contributed by atoms with Crippen LogP contribution in [0.4, 0.5) is 5.69 Å². The number of rotatable bonds is 6. The Morgan fingerprint density at radius 2 is 2.15 bits per heavy atom. The molecule has 0 unspecified atom stereocenters. The molecule has 0 radical (unpaired) electrons. The summed E-state index contributed by atoms with van der Waals surface area (Å²) in [5.74, 6) is 0.288. The van der Waals surface area contributed by atoms with Crippen molar-refractivity contribution in [3.8, 4) is 5.75 Å². The molecule has 1 heterocycles. The number of aromatic nitrogens is 1. The second-order valence-electron chi connectivity index (χ2n) is 4.11. The number of benzene rings is 1. The third-order valence-corrected chi connectivity index (χ3v) is 3.36. The van der Waals surface area contributed by atoms with E-state index >= 15 is 0 Å². The number of nitro benzene ring substituents is 1. The highest BCUT2D eigenvalue weighted by Gasteiger charge is 2.15. The molecule has 1 aromatic heterocycles. The first kappa shape index (κ1) is 14.5. The van der Waals surface area contributed by atoms with Crippen molar-refractivity contribution in [3.05, 3.63) is 64.0 Å². The first-order valence-electron chi connectivity index (χ1n) is 6.06. The summed E-state index contributed by atoms with van der Waals surface area (Å²) in [6.07, 6.45) is 2.32. The molecule has 0 N–H and O–H groups in total. The quantitative estimate of drug-likeness (QED) is 0.460. The molecule has 0 aliphatic carbocycles. The van der Waals surface area contributed by atoms with Crippen LogP contribution in [0.25, 0.3) is 0 Å². The highest BCUT2D eigenvalue weighted by Crippen LogP contribution is 2.28. The summed E-state index contributed by atoms with van der Waals surface area (Å²) in [4.78, 5) is 14.8. The number of ether oxygens (including phenoxy) is 1. The lowest BCUT2D eigenvalue weighted by Gasteiger charge is -2.07. The van der Waals surface area contributed by atoms with Crippen LogP contribution in [0.5, 0.6) is 5.75 Å². The minimum atomic E-state index is -0.428. The maximum absolute atomic E-state index is 11.0. The molecule has 0 amide bonds. The Kier molecular flexibility index (Phi) is 5.06. The van der Waals surface area contributed by atoms with Gasteiger partial charge in [0.25, 0.3) is 0 Å². The lowest BCUT2D eigenvalue weighted by molar-refractivity contribution is -0.385. The Morgan fingerprint density at radius 1 is 1.30 bits per heavy atom. The summed E-state index contributed by atoms with van der Waals surface area (Å²) in [6, 6.07) is 10.6. The van der Waals surface area contributed by atoms with Gasteiger partial charge in [-0.15, -0.1) is 0 Å². The van der Waals surface area contributed by atoms with Crippen molar-refractivity contribution in [2.24, 2.45) is 0 Å². The van der Waals surface area contributed by atoms with E-state index in [1.54, 1.807) is 18.3 Å². The van der Waals surface area contributed by atoms with Gasteiger partial charge in [0, 0.05) is 29.7 Å². The first-order valence-corrected chi connectivity index (χ1v) is 7.19. The van der Waals surface area contributed by atoms with Gasteiger partial charge in [-0.1, -0.05) is 28.1 Å². The van der Waals surface area contributed by atoms with E-state index in [-0.39, 0.29) is 11.4 Å². The summed E-state index contributed by atoms with van der Waals surface area (Å²) < 4.78 is 5.50. The maximum atomic E-state index is 11.0. The lowest BCUT2D eigenvalue weighted by atomic mass is 10.2. The first-order chi connectivity index (χ1) is 9.70. The van der Waals surface area contributed by atoms with Crippen LogP contribution in [0.2, 0.25) is 0 Å². The number of hydrogen-bond donors (Lipinski definition) is 0. The second-order valence-corrected chi connectivity index (χ2v) is 4.67. The van der Waals surface area contributed by atoms with Crippen LogP contribution in [-0.2, 0) is 11.8 Å². The van der Waals surface area contributed by atoms with E-state index in [0.717, 1.165) is 11.3 Å². The number of alkyl halides is 1. The molecule has 6 heteroatoms. The molecule has 5 nitrogen and oxygen atoms in total. The molecule has 2 aromatic rings. The van der Waals surface area contributed by atoms with Crippen molar-refractivity contribution in [3.63, 3.8) is 0 Å². The van der Waals surface area contributed by atoms with Gasteiger partial charge >= 0.3 is 5.69 Å². The number of halogens is 1. The van der Waals surface area contributed by atoms with Gasteiger partial charge in [-0.25, -0.2) is 0 Å². The van der Waals surface area contributed by atoms with E-state index < -0.39 is 4.92 Å². The van der Waals surface area contributed by atoms with Gasteiger partial charge in [0.1, 0.15) is 0 Å². The largest absolute Gasteiger partial charge is 0.486 e. The molecule has 0 aliphatic heterocycles. The second kappa shape index (κ2) is 7.00. The smallest absolute Gasteiger partial charge is 0.311 e. The van der Waals surface area contributed by atoms with Gasteiger partial charge in [0.15, 0.2) is 5.75 Å². The highest BCUT2D eigenvalue weighted by atomic mass is 79.9. The van der Waals surface area contributed by atoms with Crippen LogP contribution < -0.4 is 4.74 Å². The van der Waals surface area contributed by atoms with Crippen LogP contribution in [0, 0.1) is 10.1 Å². The topological polar surface area (TPSA) is 65.3 Å². The minimum Gasteiger partial charge on any atom is -0.486 e. The van der Waals surface area contributed by atoms with Crippen LogP contribution in [-0.4, -0.2) is 16.5 Å². The Hall–Kier alpha value is -1.95. The van der Waals surface area contributed by atoms with E-state index in [0.29, 0.717) is 18.4 Å². The van der Waals surface area contributed by atoms with Crippen LogP contribution in [0.3, 0.4) is 0 Å². The zero-order valence-corrected chi connectivity index (χ0v) is 12.2. The Balaban J connectivity index is 2.04. The van der Waals surface area contributed by atoms with Gasteiger partial charge in [-0.2, -0.15) is 0 Å². The van der Waals surface area contributed by atoms with Crippen molar-refractivity contribution in [2.45, 2.75) is 11.8 Å². The number of pyridine rings is 1. The maximum Gasteiger partial charge on any atom is 0.311 e. The molecule has 0 fully saturated rings. The monoisotopic (exact) mass is 336 g/mol. The molecule has 0 spiro atoms. The van der Waals surface area contributed by atoms with Crippen molar-refractivity contribution >= 4 is 21.6 Å². The average Bonchev–Trinajstić information content (AvgIpc) is 2.48. The molecule has 0 bridgehead atoms. The van der Waals surface area contributed by atoms with Crippen LogP contribution in [0.15, 0.2) is 42.6 Å². The molecule has 20 heavy (non-hydrogen) atoms. The van der Waals surface area contributed by atoms with Crippen molar-refractivity contribution in [1.82, 2.24) is 4.98 Å². The summed E-state index contributed by atoms with van der Waals surface area (Å²) in [5, 5.41) is 11.6. The fraction of sp³-hybridized carbons (Fsp3) is 0.214. The SMILES string of the molecule is O=[N+]([O-])c1cc(CBr)ccc1OCCc1ccccn1. The van der Waals surface area contributed by atoms with Crippen molar-refractivity contribution in [2.75, 3.05) is 6.61 Å². The lowest BCUT2D eigenvalue weighted by Crippen LogP contribution is -2.04. The van der Waals surface area contributed by atoms with E-state index in [1.165, 1.54) is 6.07 Å². The number of nitro groups is 1. The zero-order valence-electron chi connectivity index (χ0n) is 10.7. The van der Waals surface area contributed by atoms with Crippen LogP contribution in [0.1, 0.15) is 11.3 Å². The third kappa shape index (κ3) is 3.77. The molecule has 0 saturated heterocycles. The summed E-state index contributed by atoms with van der Waals surface area (Å²) in [5.41, 5.74) is 1.73. The zero-order chi connectivity index (χ0) is 14.4. The molecular weight excluding hydrogens is 324 g/mol. The van der Waals surface area contributed by atoms with Crippen molar-refractivity contribution < 1.29 is 9.66 Å². The minimum absolute atomic E-state index is 0.0111. The van der Waals surface area contributed by atoms with Gasteiger partial charge in [-0.05, 0) is 23.8 Å². The van der Waals surface area contributed by atoms with Gasteiger partial charge < -0.3 is 4.74 Å². The average molecular weight is 337 g/mol. The predicted octanol–water partition coefficient (Wildman–Crippen LogP) is 3.51. The molecule has 104 valence electrons. The number of hydrogen-bond acceptors (Lipinski definition) is 4. The van der Waals surface area contributed by atoms with E-state index in [9.17, 15) is 10.1 Å². The Bertz CT molecular complexity index is 590. The Labute approximate surface area is 124 Å². The normalized spacial score (nSPS) is 10.2. The fourth-order valence-electron chi connectivity index (χ4n) is 1.72. The molecule has 0 saturated carbocycles. The van der Waals surface area contributed by atoms with Gasteiger partial charge in [-0.3, -0.25) is 15.1 Å². The molecule has 0 aliphatic rings. The van der Waals surface area contributed by atoms with E-state index in [1.807, 2.05) is 18.2 Å². The van der Waals surface area contributed by atoms with Gasteiger partial charge in [0.2, 0.25) is 0 Å². The molecular formula is C14H13BrN2O3. The van der Waals surface area contributed by atoms with Crippen molar-refractivity contribution in [1.29, 1.82) is 0 Å². The fourth-order valence-corrected chi connectivity index (χ4v) is 2.07. The Morgan fingerprint density at radius 3 is 2.80 bits per heavy atom. The molecule has 0 atom stereocenters. The van der Waals surface area contributed by atoms with E-state index in [4.69, 9.17) is 4.74 Å². The summed E-state index contributed by atoms with van der Waals surface area (Å²) >= 11 is 3.28. The predicted molar refractivity (Wildman–Crippen MR) is 79.2 cm³/mol. The molecule has 2 rings (SSSR count). The third-order valence-electron chi connectivity index (χ3n) is 2.72. The van der Waals surface area contributed by atoms with Gasteiger partial charge in [0.05, 0.1) is 11.5 Å². The number of nitrogens with zero attached hydrogens (tertiary/aromatic N) is 2.